The van der Waals surface area contributed by atoms with Crippen molar-refractivity contribution in [2.45, 2.75) is 25.8 Å². The first kappa shape index (κ1) is 13.3. The molecule has 0 unspecified atom stereocenters. The first-order valence-electron chi connectivity index (χ1n) is 4.26. The Hall–Kier alpha value is -0.660. The van der Waals surface area contributed by atoms with Gasteiger partial charge in [-0.05, 0) is 12.8 Å². The number of carbonyl (C=O) groups is 1. The fourth-order valence-electron chi connectivity index (χ4n) is 0.906. The van der Waals surface area contributed by atoms with E-state index < -0.39 is 22.0 Å². The average molecular weight is 225 g/mol. The predicted molar refractivity (Wildman–Crippen MR) is 50.3 cm³/mol. The Labute approximate surface area is 83.0 Å². The molecule has 0 amide bonds. The highest BCUT2D eigenvalue weighted by Crippen LogP contribution is 1.97. The number of aliphatic hydroxyl groups is 1. The summed E-state index contributed by atoms with van der Waals surface area (Å²) in [5, 5.41) is 17.1. The van der Waals surface area contributed by atoms with Crippen molar-refractivity contribution >= 4 is 16.0 Å². The van der Waals surface area contributed by atoms with Gasteiger partial charge in [0.25, 0.3) is 0 Å². The number of aliphatic hydroxyl groups excluding tert-OH is 1. The molecule has 0 saturated carbocycles. The van der Waals surface area contributed by atoms with Crippen molar-refractivity contribution in [3.05, 3.63) is 0 Å². The molecule has 7 heteroatoms. The minimum atomic E-state index is -3.54. The van der Waals surface area contributed by atoms with E-state index in [1.54, 1.807) is 6.92 Å². The van der Waals surface area contributed by atoms with Crippen LogP contribution in [0.25, 0.3) is 0 Å². The summed E-state index contributed by atoms with van der Waals surface area (Å²) in [6.07, 6.45) is 0.291. The third-order valence-corrected chi connectivity index (χ3v) is 3.10. The standard InChI is InChI=1S/C7H15NO5S/c1-2-5-14(12,13)8-6(3-4-9)7(10)11/h6,8-9H,2-5H2,1H3,(H,10,11)/t6-/m1/s1. The van der Waals surface area contributed by atoms with Gasteiger partial charge in [-0.1, -0.05) is 6.92 Å². The van der Waals surface area contributed by atoms with E-state index in [9.17, 15) is 13.2 Å². The first-order valence-corrected chi connectivity index (χ1v) is 5.92. The maximum absolute atomic E-state index is 11.2. The van der Waals surface area contributed by atoms with Gasteiger partial charge < -0.3 is 10.2 Å². The van der Waals surface area contributed by atoms with Gasteiger partial charge in [0.05, 0.1) is 5.75 Å². The SMILES string of the molecule is CCCS(=O)(=O)N[C@H](CCO)C(=O)O. The molecule has 6 nitrogen and oxygen atoms in total. The van der Waals surface area contributed by atoms with Crippen LogP contribution in [0.3, 0.4) is 0 Å². The van der Waals surface area contributed by atoms with Crippen LogP contribution < -0.4 is 4.72 Å². The van der Waals surface area contributed by atoms with Crippen molar-refractivity contribution in [3.63, 3.8) is 0 Å². The number of carboxylic acids is 1. The van der Waals surface area contributed by atoms with Gasteiger partial charge in [0.2, 0.25) is 10.0 Å². The molecule has 0 aromatic heterocycles. The zero-order valence-electron chi connectivity index (χ0n) is 7.93. The largest absolute Gasteiger partial charge is 0.480 e. The van der Waals surface area contributed by atoms with Gasteiger partial charge in [-0.25, -0.2) is 13.1 Å². The van der Waals surface area contributed by atoms with Crippen molar-refractivity contribution in [1.29, 1.82) is 0 Å². The Morgan fingerprint density at radius 2 is 2.07 bits per heavy atom. The average Bonchev–Trinajstić information content (AvgIpc) is 2.02. The van der Waals surface area contributed by atoms with E-state index in [1.165, 1.54) is 0 Å². The molecule has 0 spiro atoms. The summed E-state index contributed by atoms with van der Waals surface area (Å²) in [7, 11) is -3.54. The monoisotopic (exact) mass is 225 g/mol. The molecule has 84 valence electrons. The summed E-state index contributed by atoms with van der Waals surface area (Å²) in [6, 6.07) is -1.24. The molecule has 0 heterocycles. The van der Waals surface area contributed by atoms with Crippen molar-refractivity contribution in [2.24, 2.45) is 0 Å². The summed E-state index contributed by atoms with van der Waals surface area (Å²) in [5.74, 6) is -1.39. The van der Waals surface area contributed by atoms with Crippen LogP contribution in [-0.2, 0) is 14.8 Å². The lowest BCUT2D eigenvalue weighted by atomic mass is 10.2. The van der Waals surface area contributed by atoms with Crippen molar-refractivity contribution in [1.82, 2.24) is 4.72 Å². The Morgan fingerprint density at radius 1 is 1.50 bits per heavy atom. The van der Waals surface area contributed by atoms with Crippen molar-refractivity contribution < 1.29 is 23.4 Å². The van der Waals surface area contributed by atoms with Gasteiger partial charge in [0.1, 0.15) is 6.04 Å². The topological polar surface area (TPSA) is 104 Å². The van der Waals surface area contributed by atoms with E-state index in [-0.39, 0.29) is 18.8 Å². The summed E-state index contributed by atoms with van der Waals surface area (Å²) in [4.78, 5) is 10.5. The van der Waals surface area contributed by atoms with Gasteiger partial charge in [-0.3, -0.25) is 4.79 Å². The summed E-state index contributed by atoms with van der Waals surface area (Å²) >= 11 is 0. The second-order valence-corrected chi connectivity index (χ2v) is 4.71. The molecule has 0 aliphatic carbocycles. The molecule has 14 heavy (non-hydrogen) atoms. The number of rotatable bonds is 7. The molecule has 0 fully saturated rings. The predicted octanol–water partition coefficient (Wildman–Crippen LogP) is -0.849. The van der Waals surface area contributed by atoms with Crippen LogP contribution in [0.1, 0.15) is 19.8 Å². The Kier molecular flexibility index (Phi) is 5.66. The molecule has 0 aromatic rings. The number of nitrogens with one attached hydrogen (secondary N) is 1. The highest BCUT2D eigenvalue weighted by molar-refractivity contribution is 7.89. The van der Waals surface area contributed by atoms with E-state index in [4.69, 9.17) is 10.2 Å². The van der Waals surface area contributed by atoms with Crippen LogP contribution >= 0.6 is 0 Å². The summed E-state index contributed by atoms with van der Waals surface area (Å²) in [5.41, 5.74) is 0. The van der Waals surface area contributed by atoms with Crippen molar-refractivity contribution in [2.75, 3.05) is 12.4 Å². The Bertz CT molecular complexity index is 274. The molecule has 0 saturated heterocycles. The minimum absolute atomic E-state index is 0.109. The molecule has 0 aliphatic heterocycles. The van der Waals surface area contributed by atoms with E-state index in [0.717, 1.165) is 0 Å². The van der Waals surface area contributed by atoms with Crippen LogP contribution in [0.15, 0.2) is 0 Å². The number of hydrogen-bond acceptors (Lipinski definition) is 4. The molecular weight excluding hydrogens is 210 g/mol. The highest BCUT2D eigenvalue weighted by atomic mass is 32.2. The highest BCUT2D eigenvalue weighted by Gasteiger charge is 2.22. The molecule has 0 radical (unpaired) electrons. The van der Waals surface area contributed by atoms with E-state index >= 15 is 0 Å². The third kappa shape index (κ3) is 5.15. The van der Waals surface area contributed by atoms with Crippen LogP contribution in [0.5, 0.6) is 0 Å². The normalized spacial score (nSPS) is 13.9. The molecule has 0 rings (SSSR count). The van der Waals surface area contributed by atoms with E-state index in [2.05, 4.69) is 0 Å². The van der Waals surface area contributed by atoms with Crippen LogP contribution in [0, 0.1) is 0 Å². The summed E-state index contributed by atoms with van der Waals surface area (Å²) in [6.45, 7) is 1.31. The van der Waals surface area contributed by atoms with Crippen LogP contribution in [0.4, 0.5) is 0 Å². The van der Waals surface area contributed by atoms with Crippen LogP contribution in [-0.4, -0.2) is 43.0 Å². The Balaban J connectivity index is 4.36. The lowest BCUT2D eigenvalue weighted by molar-refractivity contribution is -0.139. The zero-order chi connectivity index (χ0) is 11.2. The molecule has 0 aromatic carbocycles. The first-order chi connectivity index (χ1) is 6.43. The third-order valence-electron chi connectivity index (χ3n) is 1.51. The molecule has 1 atom stereocenters. The lowest BCUT2D eigenvalue weighted by Gasteiger charge is -2.12. The minimum Gasteiger partial charge on any atom is -0.480 e. The molecular formula is C7H15NO5S. The van der Waals surface area contributed by atoms with Gasteiger partial charge in [-0.15, -0.1) is 0 Å². The fourth-order valence-corrected chi connectivity index (χ4v) is 2.21. The molecule has 0 aliphatic rings. The maximum atomic E-state index is 11.2. The molecule has 3 N–H and O–H groups in total. The van der Waals surface area contributed by atoms with Gasteiger partial charge in [0.15, 0.2) is 0 Å². The van der Waals surface area contributed by atoms with Crippen LogP contribution in [0.2, 0.25) is 0 Å². The van der Waals surface area contributed by atoms with Gasteiger partial charge >= 0.3 is 5.97 Å². The quantitative estimate of drug-likeness (QED) is 0.523. The second kappa shape index (κ2) is 5.94. The van der Waals surface area contributed by atoms with Crippen molar-refractivity contribution in [3.8, 4) is 0 Å². The lowest BCUT2D eigenvalue weighted by Crippen LogP contribution is -2.42. The smallest absolute Gasteiger partial charge is 0.321 e. The van der Waals surface area contributed by atoms with Gasteiger partial charge in [-0.2, -0.15) is 0 Å². The van der Waals surface area contributed by atoms with E-state index in [0.29, 0.717) is 6.42 Å². The van der Waals surface area contributed by atoms with Gasteiger partial charge in [0, 0.05) is 6.61 Å². The molecule has 0 bridgehead atoms. The maximum Gasteiger partial charge on any atom is 0.321 e. The Morgan fingerprint density at radius 3 is 2.43 bits per heavy atom. The van der Waals surface area contributed by atoms with E-state index in [1.807, 2.05) is 4.72 Å². The number of carboxylic acid groups (broad SMARTS) is 1. The summed E-state index contributed by atoms with van der Waals surface area (Å²) < 4.78 is 24.3. The number of aliphatic carboxylic acids is 1. The second-order valence-electron chi connectivity index (χ2n) is 2.84. The number of hydrogen-bond donors (Lipinski definition) is 3. The fraction of sp³-hybridized carbons (Fsp3) is 0.857. The zero-order valence-corrected chi connectivity index (χ0v) is 8.75. The number of sulfonamides is 1.